The fraction of sp³-hybridized carbons (Fsp3) is 0.250. The van der Waals surface area contributed by atoms with Gasteiger partial charge >= 0.3 is 161 Å². The molecule has 0 unspecified atom stereocenters. The molecule has 25 heavy (non-hydrogen) atoms. The first-order valence-electron chi connectivity index (χ1n) is 9.10. The monoisotopic (exact) mass is 430 g/mol. The first kappa shape index (κ1) is 18.3. The second-order valence-corrected chi connectivity index (χ2v) is 15.1. The third-order valence-electron chi connectivity index (χ3n) is 5.87. The van der Waals surface area contributed by atoms with E-state index < -0.39 is 21.4 Å². The van der Waals surface area contributed by atoms with Gasteiger partial charge < -0.3 is 0 Å². The van der Waals surface area contributed by atoms with Gasteiger partial charge in [-0.15, -0.1) is 0 Å². The molecule has 0 aromatic heterocycles. The van der Waals surface area contributed by atoms with E-state index in [4.69, 9.17) is 0 Å². The van der Waals surface area contributed by atoms with Crippen molar-refractivity contribution in [3.8, 4) is 0 Å². The van der Waals surface area contributed by atoms with Crippen LogP contribution < -0.4 is 9.96 Å². The molecule has 0 aliphatic carbocycles. The van der Waals surface area contributed by atoms with Gasteiger partial charge in [-0.25, -0.2) is 0 Å². The molecule has 1 heteroatoms. The van der Waals surface area contributed by atoms with E-state index in [1.807, 2.05) is 0 Å². The summed E-state index contributed by atoms with van der Waals surface area (Å²) in [5, 5.41) is 0. The Balaban J connectivity index is 2.35. The Bertz CT molecular complexity index is 799. The van der Waals surface area contributed by atoms with Crippen molar-refractivity contribution >= 4 is 31.4 Å². The SMILES string of the molecule is Cc1ccc[c]([In]([c]2cccc(C)c2C)[c]2cccc(C)c2C)c1C. The van der Waals surface area contributed by atoms with Gasteiger partial charge in [0.25, 0.3) is 0 Å². The van der Waals surface area contributed by atoms with Crippen molar-refractivity contribution in [1.29, 1.82) is 0 Å². The molecule has 0 nitrogen and oxygen atoms in total. The summed E-state index contributed by atoms with van der Waals surface area (Å²) in [6.45, 7) is 13.7. The fourth-order valence-electron chi connectivity index (χ4n) is 3.76. The molecular formula is C24H27In. The molecule has 0 saturated carbocycles. The Morgan fingerprint density at radius 1 is 0.440 bits per heavy atom. The Morgan fingerprint density at radius 2 is 0.720 bits per heavy atom. The minimum absolute atomic E-state index is 1.41. The molecule has 3 aromatic carbocycles. The molecule has 126 valence electrons. The molecule has 0 aliphatic rings. The van der Waals surface area contributed by atoms with Crippen molar-refractivity contribution in [1.82, 2.24) is 0 Å². The molecule has 0 spiro atoms. The first-order chi connectivity index (χ1) is 11.9. The molecule has 0 N–H and O–H groups in total. The van der Waals surface area contributed by atoms with E-state index >= 15 is 0 Å². The van der Waals surface area contributed by atoms with E-state index in [1.54, 1.807) is 9.96 Å². The van der Waals surface area contributed by atoms with Crippen LogP contribution >= 0.6 is 0 Å². The van der Waals surface area contributed by atoms with Gasteiger partial charge in [0.1, 0.15) is 0 Å². The van der Waals surface area contributed by atoms with E-state index in [1.165, 1.54) is 33.4 Å². The van der Waals surface area contributed by atoms with Crippen molar-refractivity contribution in [2.24, 2.45) is 0 Å². The van der Waals surface area contributed by atoms with Gasteiger partial charge in [-0.05, 0) is 0 Å². The molecule has 3 aromatic rings. The molecule has 0 radical (unpaired) electrons. The maximum atomic E-state index is 2.40. The van der Waals surface area contributed by atoms with Crippen molar-refractivity contribution in [2.75, 3.05) is 0 Å². The quantitative estimate of drug-likeness (QED) is 0.588. The molecular weight excluding hydrogens is 403 g/mol. The van der Waals surface area contributed by atoms with Crippen molar-refractivity contribution < 1.29 is 0 Å². The Hall–Kier alpha value is -1.47. The van der Waals surface area contributed by atoms with Crippen LogP contribution in [0.1, 0.15) is 33.4 Å². The van der Waals surface area contributed by atoms with E-state index in [2.05, 4.69) is 96.1 Å². The van der Waals surface area contributed by atoms with Gasteiger partial charge in [-0.3, -0.25) is 0 Å². The topological polar surface area (TPSA) is 0 Å². The zero-order chi connectivity index (χ0) is 18.1. The van der Waals surface area contributed by atoms with E-state index in [9.17, 15) is 0 Å². The second-order valence-electron chi connectivity index (χ2n) is 7.30. The molecule has 0 saturated heterocycles. The Kier molecular flexibility index (Phi) is 5.44. The Labute approximate surface area is 160 Å². The fourth-order valence-corrected chi connectivity index (χ4v) is 14.9. The summed E-state index contributed by atoms with van der Waals surface area (Å²) < 4.78 is 4.89. The standard InChI is InChI=1S/3C8H9.In/c3*1-7-5-3-4-6-8(7)2;/h3*3-5H,1-2H3;. The van der Waals surface area contributed by atoms with Crippen molar-refractivity contribution in [2.45, 2.75) is 41.5 Å². The zero-order valence-electron chi connectivity index (χ0n) is 16.3. The zero-order valence-corrected chi connectivity index (χ0v) is 19.6. The summed E-state index contributed by atoms with van der Waals surface area (Å²) in [5.74, 6) is 0. The summed E-state index contributed by atoms with van der Waals surface area (Å²) in [6.07, 6.45) is 0. The van der Waals surface area contributed by atoms with Crippen LogP contribution in [0.15, 0.2) is 54.6 Å². The summed E-state index contributed by atoms with van der Waals surface area (Å²) in [6, 6.07) is 20.7. The molecule has 0 bridgehead atoms. The van der Waals surface area contributed by atoms with Gasteiger partial charge in [0, 0.05) is 0 Å². The third kappa shape index (κ3) is 3.44. The normalized spacial score (nSPS) is 10.8. The van der Waals surface area contributed by atoms with Crippen LogP contribution in [0.4, 0.5) is 0 Å². The molecule has 0 aliphatic heterocycles. The van der Waals surface area contributed by atoms with E-state index in [-0.39, 0.29) is 0 Å². The Morgan fingerprint density at radius 3 is 1.00 bits per heavy atom. The van der Waals surface area contributed by atoms with Crippen LogP contribution in [-0.4, -0.2) is 21.4 Å². The van der Waals surface area contributed by atoms with E-state index in [0.717, 1.165) is 0 Å². The molecule has 0 atom stereocenters. The van der Waals surface area contributed by atoms with Crippen LogP contribution in [0.25, 0.3) is 0 Å². The van der Waals surface area contributed by atoms with Crippen LogP contribution in [0.5, 0.6) is 0 Å². The summed E-state index contributed by atoms with van der Waals surface area (Å²) in [5.41, 5.74) is 8.71. The first-order valence-corrected chi connectivity index (χ1v) is 14.0. The van der Waals surface area contributed by atoms with E-state index in [0.29, 0.717) is 0 Å². The summed E-state index contributed by atoms with van der Waals surface area (Å²) in [7, 11) is 0. The van der Waals surface area contributed by atoms with Gasteiger partial charge in [0.2, 0.25) is 0 Å². The molecule has 0 fully saturated rings. The second kappa shape index (κ2) is 7.41. The number of rotatable bonds is 3. The molecule has 3 rings (SSSR count). The van der Waals surface area contributed by atoms with Gasteiger partial charge in [-0.1, -0.05) is 0 Å². The predicted octanol–water partition coefficient (Wildman–Crippen LogP) is 4.05. The third-order valence-corrected chi connectivity index (χ3v) is 16.6. The number of benzene rings is 3. The number of hydrogen-bond donors (Lipinski definition) is 0. The molecule has 0 heterocycles. The van der Waals surface area contributed by atoms with Crippen LogP contribution in [0.2, 0.25) is 0 Å². The summed E-state index contributed by atoms with van der Waals surface area (Å²) >= 11 is -2.43. The predicted molar refractivity (Wildman–Crippen MR) is 112 cm³/mol. The number of aryl methyl sites for hydroxylation is 3. The van der Waals surface area contributed by atoms with Gasteiger partial charge in [-0.2, -0.15) is 0 Å². The minimum atomic E-state index is -2.43. The molecule has 0 amide bonds. The van der Waals surface area contributed by atoms with Gasteiger partial charge in [0.05, 0.1) is 0 Å². The van der Waals surface area contributed by atoms with Gasteiger partial charge in [0.15, 0.2) is 0 Å². The van der Waals surface area contributed by atoms with Crippen LogP contribution in [0, 0.1) is 41.5 Å². The van der Waals surface area contributed by atoms with Crippen molar-refractivity contribution in [3.63, 3.8) is 0 Å². The summed E-state index contributed by atoms with van der Waals surface area (Å²) in [4.78, 5) is 0. The average Bonchev–Trinajstić information content (AvgIpc) is 2.59. The van der Waals surface area contributed by atoms with Crippen LogP contribution in [-0.2, 0) is 0 Å². The number of hydrogen-bond acceptors (Lipinski definition) is 0. The average molecular weight is 430 g/mol. The van der Waals surface area contributed by atoms with Crippen molar-refractivity contribution in [3.05, 3.63) is 88.0 Å². The maximum absolute atomic E-state index is 2.43. The van der Waals surface area contributed by atoms with Crippen LogP contribution in [0.3, 0.4) is 0 Å².